The SMILES string of the molecule is CCCCN(C(=O)COC(=O)c1ccccc1O)c1c(N)n(CCC)c(=O)[nH]c1=O. The fourth-order valence-electron chi connectivity index (χ4n) is 2.89. The molecule has 162 valence electrons. The highest BCUT2D eigenvalue weighted by Gasteiger charge is 2.25. The molecule has 4 N–H and O–H groups in total. The fraction of sp³-hybridized carbons (Fsp3) is 0.400. The number of phenolic OH excluding ortho intramolecular Hbond substituents is 1. The van der Waals surface area contributed by atoms with Crippen LogP contribution in [0, 0.1) is 0 Å². The number of ether oxygens (including phenoxy) is 1. The molecule has 1 heterocycles. The summed E-state index contributed by atoms with van der Waals surface area (Å²) in [5, 5.41) is 9.74. The molecular weight excluding hydrogens is 392 g/mol. The van der Waals surface area contributed by atoms with E-state index in [0.717, 1.165) is 11.3 Å². The van der Waals surface area contributed by atoms with Gasteiger partial charge in [0.1, 0.15) is 17.1 Å². The van der Waals surface area contributed by atoms with Crippen LogP contribution in [0.4, 0.5) is 11.5 Å². The molecule has 10 nitrogen and oxygen atoms in total. The minimum Gasteiger partial charge on any atom is -0.507 e. The number of H-pyrrole nitrogens is 1. The summed E-state index contributed by atoms with van der Waals surface area (Å²) >= 11 is 0. The fourth-order valence-corrected chi connectivity index (χ4v) is 2.89. The molecule has 0 unspecified atom stereocenters. The Morgan fingerprint density at radius 3 is 2.53 bits per heavy atom. The van der Waals surface area contributed by atoms with Crippen LogP contribution in [0.2, 0.25) is 0 Å². The van der Waals surface area contributed by atoms with E-state index in [9.17, 15) is 24.3 Å². The number of phenols is 1. The summed E-state index contributed by atoms with van der Waals surface area (Å²) in [5.41, 5.74) is 4.37. The van der Waals surface area contributed by atoms with Crippen molar-refractivity contribution in [2.45, 2.75) is 39.7 Å². The molecule has 2 rings (SSSR count). The number of nitrogens with two attached hydrogens (primary N) is 1. The lowest BCUT2D eigenvalue weighted by atomic mass is 10.2. The molecule has 30 heavy (non-hydrogen) atoms. The van der Waals surface area contributed by atoms with E-state index in [1.807, 2.05) is 13.8 Å². The molecule has 1 amide bonds. The van der Waals surface area contributed by atoms with Crippen molar-refractivity contribution in [3.63, 3.8) is 0 Å². The van der Waals surface area contributed by atoms with Crippen molar-refractivity contribution in [2.24, 2.45) is 0 Å². The number of carbonyl (C=O) groups is 2. The zero-order valence-electron chi connectivity index (χ0n) is 17.0. The van der Waals surface area contributed by atoms with Gasteiger partial charge in [0.2, 0.25) is 0 Å². The quantitative estimate of drug-likeness (QED) is 0.519. The number of hydrogen-bond acceptors (Lipinski definition) is 7. The number of amides is 1. The van der Waals surface area contributed by atoms with Crippen LogP contribution in [-0.2, 0) is 16.1 Å². The lowest BCUT2D eigenvalue weighted by molar-refractivity contribution is -0.121. The van der Waals surface area contributed by atoms with Crippen LogP contribution in [-0.4, -0.2) is 39.7 Å². The van der Waals surface area contributed by atoms with Gasteiger partial charge in [-0.3, -0.25) is 19.1 Å². The average Bonchev–Trinajstić information content (AvgIpc) is 2.71. The highest BCUT2D eigenvalue weighted by atomic mass is 16.5. The maximum atomic E-state index is 12.8. The zero-order valence-corrected chi connectivity index (χ0v) is 17.0. The van der Waals surface area contributed by atoms with E-state index in [4.69, 9.17) is 10.5 Å². The number of hydrogen-bond donors (Lipinski definition) is 3. The van der Waals surface area contributed by atoms with Crippen molar-refractivity contribution in [1.82, 2.24) is 9.55 Å². The number of benzene rings is 1. The Kier molecular flexibility index (Phi) is 7.79. The molecule has 0 aliphatic rings. The predicted octanol–water partition coefficient (Wildman–Crippen LogP) is 1.22. The Bertz CT molecular complexity index is 1030. The first-order valence-electron chi connectivity index (χ1n) is 9.69. The monoisotopic (exact) mass is 418 g/mol. The minimum atomic E-state index is -0.880. The summed E-state index contributed by atoms with van der Waals surface area (Å²) in [6.45, 7) is 3.51. The van der Waals surface area contributed by atoms with Gasteiger partial charge in [-0.2, -0.15) is 0 Å². The number of aromatic hydroxyl groups is 1. The van der Waals surface area contributed by atoms with Crippen molar-refractivity contribution in [2.75, 3.05) is 23.8 Å². The van der Waals surface area contributed by atoms with Crippen LogP contribution in [0.3, 0.4) is 0 Å². The molecule has 10 heteroatoms. The number of carbonyl (C=O) groups excluding carboxylic acids is 2. The summed E-state index contributed by atoms with van der Waals surface area (Å²) < 4.78 is 6.21. The lowest BCUT2D eigenvalue weighted by Crippen LogP contribution is -2.43. The zero-order chi connectivity index (χ0) is 22.3. The van der Waals surface area contributed by atoms with Gasteiger partial charge in [0.05, 0.1) is 0 Å². The first kappa shape index (κ1) is 22.7. The Hall–Kier alpha value is -3.56. The third-order valence-corrected chi connectivity index (χ3v) is 4.42. The van der Waals surface area contributed by atoms with Crippen LogP contribution in [0.15, 0.2) is 33.9 Å². The summed E-state index contributed by atoms with van der Waals surface area (Å²) in [4.78, 5) is 52.8. The van der Waals surface area contributed by atoms with E-state index < -0.39 is 29.7 Å². The molecule has 1 aromatic carbocycles. The molecule has 2 aromatic rings. The van der Waals surface area contributed by atoms with Crippen LogP contribution < -0.4 is 21.9 Å². The number of para-hydroxylation sites is 1. The van der Waals surface area contributed by atoms with Crippen LogP contribution in [0.25, 0.3) is 0 Å². The van der Waals surface area contributed by atoms with Crippen molar-refractivity contribution >= 4 is 23.4 Å². The van der Waals surface area contributed by atoms with Crippen LogP contribution in [0.5, 0.6) is 5.75 Å². The Balaban J connectivity index is 2.32. The second-order valence-electron chi connectivity index (χ2n) is 6.64. The second kappa shape index (κ2) is 10.3. The van der Waals surface area contributed by atoms with E-state index in [-0.39, 0.29) is 35.9 Å². The standard InChI is InChI=1S/C20H26N4O6/c1-3-5-11-23(16-17(21)24(10-4-2)20(29)22-18(16)27)15(26)12-30-19(28)13-8-6-7-9-14(13)25/h6-9,25H,3-5,10-12,21H2,1-2H3,(H,22,27,29). The molecule has 0 saturated heterocycles. The van der Waals surface area contributed by atoms with Crippen LogP contribution >= 0.6 is 0 Å². The van der Waals surface area contributed by atoms with Crippen molar-refractivity contribution in [3.05, 3.63) is 50.7 Å². The highest BCUT2D eigenvalue weighted by Crippen LogP contribution is 2.19. The molecule has 0 fully saturated rings. The minimum absolute atomic E-state index is 0.0840. The molecular formula is C20H26N4O6. The summed E-state index contributed by atoms with van der Waals surface area (Å²) in [6, 6.07) is 5.77. The Morgan fingerprint density at radius 1 is 1.20 bits per heavy atom. The van der Waals surface area contributed by atoms with Gasteiger partial charge in [-0.25, -0.2) is 9.59 Å². The summed E-state index contributed by atoms with van der Waals surface area (Å²) in [7, 11) is 0. The average molecular weight is 418 g/mol. The van der Waals surface area contributed by atoms with E-state index in [2.05, 4.69) is 4.98 Å². The van der Waals surface area contributed by atoms with Crippen molar-refractivity contribution < 1.29 is 19.4 Å². The number of unbranched alkanes of at least 4 members (excludes halogenated alkanes) is 1. The summed E-state index contributed by atoms with van der Waals surface area (Å²) in [5.74, 6) is -1.95. The molecule has 0 radical (unpaired) electrons. The topological polar surface area (TPSA) is 148 Å². The first-order chi connectivity index (χ1) is 14.3. The van der Waals surface area contributed by atoms with Gasteiger partial charge < -0.3 is 20.5 Å². The third-order valence-electron chi connectivity index (χ3n) is 4.42. The molecule has 0 bridgehead atoms. The van der Waals surface area contributed by atoms with E-state index in [1.165, 1.54) is 16.7 Å². The third kappa shape index (κ3) is 5.07. The number of aromatic amines is 1. The number of nitrogens with zero attached hydrogens (tertiary/aromatic N) is 2. The lowest BCUT2D eigenvalue weighted by Gasteiger charge is -2.24. The second-order valence-corrected chi connectivity index (χ2v) is 6.64. The number of rotatable bonds is 9. The van der Waals surface area contributed by atoms with Gasteiger partial charge in [-0.05, 0) is 25.0 Å². The molecule has 0 atom stereocenters. The maximum Gasteiger partial charge on any atom is 0.342 e. The van der Waals surface area contributed by atoms with Gasteiger partial charge in [0.25, 0.3) is 11.5 Å². The van der Waals surface area contributed by atoms with Crippen molar-refractivity contribution in [3.8, 4) is 5.75 Å². The number of nitrogens with one attached hydrogen (secondary N) is 1. The predicted molar refractivity (Wildman–Crippen MR) is 112 cm³/mol. The van der Waals surface area contributed by atoms with Crippen LogP contribution in [0.1, 0.15) is 43.5 Å². The number of anilines is 2. The largest absolute Gasteiger partial charge is 0.507 e. The Morgan fingerprint density at radius 2 is 1.90 bits per heavy atom. The van der Waals surface area contributed by atoms with Gasteiger partial charge in [0, 0.05) is 13.1 Å². The van der Waals surface area contributed by atoms with Gasteiger partial charge in [-0.1, -0.05) is 32.4 Å². The molecule has 0 spiro atoms. The number of nitrogen functional groups attached to an aromatic ring is 1. The van der Waals surface area contributed by atoms with Gasteiger partial charge in [-0.15, -0.1) is 0 Å². The normalized spacial score (nSPS) is 10.6. The van der Waals surface area contributed by atoms with Gasteiger partial charge >= 0.3 is 11.7 Å². The van der Waals surface area contributed by atoms with E-state index >= 15 is 0 Å². The number of aromatic nitrogens is 2. The first-order valence-corrected chi connectivity index (χ1v) is 9.69. The maximum absolute atomic E-state index is 12.8. The van der Waals surface area contributed by atoms with E-state index in [0.29, 0.717) is 12.8 Å². The molecule has 1 aromatic heterocycles. The Labute approximate surface area is 172 Å². The molecule has 0 saturated carbocycles. The summed E-state index contributed by atoms with van der Waals surface area (Å²) in [6.07, 6.45) is 1.88. The van der Waals surface area contributed by atoms with E-state index in [1.54, 1.807) is 12.1 Å². The molecule has 0 aliphatic heterocycles. The number of esters is 1. The molecule has 0 aliphatic carbocycles. The van der Waals surface area contributed by atoms with Crippen molar-refractivity contribution in [1.29, 1.82) is 0 Å². The van der Waals surface area contributed by atoms with Gasteiger partial charge in [0.15, 0.2) is 12.3 Å². The smallest absolute Gasteiger partial charge is 0.342 e. The highest BCUT2D eigenvalue weighted by molar-refractivity contribution is 5.99.